The molecule has 44 heavy (non-hydrogen) atoms. The largest absolute Gasteiger partial charge is 0.379 e. The number of aromatic nitrogens is 4. The third kappa shape index (κ3) is 7.53. The van der Waals surface area contributed by atoms with Crippen molar-refractivity contribution in [1.82, 2.24) is 35.1 Å². The van der Waals surface area contributed by atoms with Gasteiger partial charge in [-0.05, 0) is 43.7 Å². The Morgan fingerprint density at radius 1 is 0.932 bits per heavy atom. The number of urea groups is 1. The molecule has 0 atom stereocenters. The van der Waals surface area contributed by atoms with Crippen LogP contribution in [0.2, 0.25) is 0 Å². The molecule has 2 saturated heterocycles. The molecule has 14 heteroatoms. The first-order valence-electron chi connectivity index (χ1n) is 15.6. The van der Waals surface area contributed by atoms with Crippen molar-refractivity contribution in [2.45, 2.75) is 38.2 Å². The van der Waals surface area contributed by atoms with Crippen molar-refractivity contribution in [1.29, 1.82) is 0 Å². The van der Waals surface area contributed by atoms with E-state index >= 15 is 0 Å². The summed E-state index contributed by atoms with van der Waals surface area (Å²) in [4.78, 5) is 30.5. The van der Waals surface area contributed by atoms with Gasteiger partial charge >= 0.3 is 6.03 Å². The average molecular weight is 614 g/mol. The molecule has 2 amide bonds. The Kier molecular flexibility index (Phi) is 9.98. The van der Waals surface area contributed by atoms with E-state index in [0.717, 1.165) is 58.5 Å². The smallest absolute Gasteiger partial charge is 0.315 e. The molecule has 0 spiro atoms. The minimum absolute atomic E-state index is 0.115. The molecule has 1 aromatic carbocycles. The number of amides is 2. The molecule has 2 aliphatic heterocycles. The Morgan fingerprint density at radius 3 is 2.39 bits per heavy atom. The van der Waals surface area contributed by atoms with Crippen LogP contribution in [-0.2, 0) is 9.47 Å². The molecule has 238 valence electrons. The highest BCUT2D eigenvalue weighted by Gasteiger charge is 2.25. The molecule has 2 aromatic heterocycles. The van der Waals surface area contributed by atoms with Gasteiger partial charge in [0.2, 0.25) is 5.95 Å². The van der Waals surface area contributed by atoms with Crippen LogP contribution < -0.4 is 20.9 Å². The summed E-state index contributed by atoms with van der Waals surface area (Å²) >= 11 is 0. The summed E-state index contributed by atoms with van der Waals surface area (Å²) in [6, 6.07) is 8.86. The minimum Gasteiger partial charge on any atom is -0.379 e. The molecule has 0 radical (unpaired) electrons. The van der Waals surface area contributed by atoms with E-state index in [0.29, 0.717) is 73.9 Å². The molecule has 0 unspecified atom stereocenters. The monoisotopic (exact) mass is 613 g/mol. The SMILES string of the molecule is O=C(NCCN1CCOCC1)N[C@H]1CC[C@H](CNc2nc(N3CCOCC3)cc(-n3c(C(F)F)nc4ccccc43)n2)CC1. The Balaban J connectivity index is 1.08. The second-order valence-corrected chi connectivity index (χ2v) is 11.6. The lowest BCUT2D eigenvalue weighted by Crippen LogP contribution is -2.47. The third-order valence-electron chi connectivity index (χ3n) is 8.59. The van der Waals surface area contributed by atoms with Crippen LogP contribution in [-0.4, -0.2) is 109 Å². The summed E-state index contributed by atoms with van der Waals surface area (Å²) in [5.74, 6) is 1.43. The number of fused-ring (bicyclic) bond motifs is 1. The maximum absolute atomic E-state index is 14.1. The van der Waals surface area contributed by atoms with Crippen LogP contribution >= 0.6 is 0 Å². The summed E-state index contributed by atoms with van der Waals surface area (Å²) in [5, 5.41) is 9.50. The van der Waals surface area contributed by atoms with Gasteiger partial charge in [0.25, 0.3) is 6.43 Å². The van der Waals surface area contributed by atoms with Crippen LogP contribution in [0.3, 0.4) is 0 Å². The first kappa shape index (κ1) is 30.4. The van der Waals surface area contributed by atoms with Crippen molar-refractivity contribution < 1.29 is 23.0 Å². The molecule has 3 N–H and O–H groups in total. The normalized spacial score (nSPS) is 21.5. The lowest BCUT2D eigenvalue weighted by atomic mass is 9.86. The van der Waals surface area contributed by atoms with Crippen molar-refractivity contribution >= 4 is 28.8 Å². The van der Waals surface area contributed by atoms with Gasteiger partial charge in [-0.15, -0.1) is 0 Å². The second kappa shape index (κ2) is 14.4. The number of nitrogens with one attached hydrogen (secondary N) is 3. The molecule has 0 bridgehead atoms. The van der Waals surface area contributed by atoms with Gasteiger partial charge in [0.05, 0.1) is 37.5 Å². The highest BCUT2D eigenvalue weighted by atomic mass is 19.3. The van der Waals surface area contributed by atoms with Gasteiger partial charge in [-0.2, -0.15) is 9.97 Å². The van der Waals surface area contributed by atoms with E-state index < -0.39 is 6.43 Å². The van der Waals surface area contributed by atoms with Crippen LogP contribution in [0.1, 0.15) is 37.9 Å². The Morgan fingerprint density at radius 2 is 1.64 bits per heavy atom. The van der Waals surface area contributed by atoms with Crippen molar-refractivity contribution in [3.8, 4) is 5.82 Å². The number of hydrogen-bond donors (Lipinski definition) is 3. The average Bonchev–Trinajstić information content (AvgIpc) is 3.46. The van der Waals surface area contributed by atoms with E-state index in [1.807, 2.05) is 0 Å². The summed E-state index contributed by atoms with van der Waals surface area (Å²) in [7, 11) is 0. The lowest BCUT2D eigenvalue weighted by Gasteiger charge is -2.30. The Labute approximate surface area is 255 Å². The Hall–Kier alpha value is -3.62. The fraction of sp³-hybridized carbons (Fsp3) is 0.600. The van der Waals surface area contributed by atoms with E-state index in [4.69, 9.17) is 19.4 Å². The zero-order chi connectivity index (χ0) is 30.3. The second-order valence-electron chi connectivity index (χ2n) is 11.6. The zero-order valence-corrected chi connectivity index (χ0v) is 24.9. The predicted octanol–water partition coefficient (Wildman–Crippen LogP) is 3.19. The quantitative estimate of drug-likeness (QED) is 0.317. The molecule has 3 fully saturated rings. The summed E-state index contributed by atoms with van der Waals surface area (Å²) < 4.78 is 40.6. The van der Waals surface area contributed by atoms with Crippen molar-refractivity contribution in [3.63, 3.8) is 0 Å². The number of alkyl halides is 2. The number of para-hydroxylation sites is 2. The topological polar surface area (TPSA) is 122 Å². The number of ether oxygens (including phenoxy) is 2. The number of anilines is 2. The summed E-state index contributed by atoms with van der Waals surface area (Å²) in [6.45, 7) is 7.85. The van der Waals surface area contributed by atoms with Gasteiger partial charge in [0.1, 0.15) is 11.6 Å². The summed E-state index contributed by atoms with van der Waals surface area (Å²) in [6.07, 6.45) is 0.910. The van der Waals surface area contributed by atoms with Crippen LogP contribution in [0, 0.1) is 5.92 Å². The van der Waals surface area contributed by atoms with E-state index in [2.05, 4.69) is 30.7 Å². The summed E-state index contributed by atoms with van der Waals surface area (Å²) in [5.41, 5.74) is 1.05. The van der Waals surface area contributed by atoms with E-state index in [1.165, 1.54) is 4.57 Å². The van der Waals surface area contributed by atoms with Crippen LogP contribution in [0.15, 0.2) is 30.3 Å². The molecule has 3 aliphatic rings. The van der Waals surface area contributed by atoms with Gasteiger partial charge in [-0.3, -0.25) is 9.47 Å². The number of halogens is 2. The fourth-order valence-electron chi connectivity index (χ4n) is 6.14. The maximum Gasteiger partial charge on any atom is 0.315 e. The van der Waals surface area contributed by atoms with Crippen molar-refractivity contribution in [2.75, 3.05) is 82.5 Å². The van der Waals surface area contributed by atoms with Gasteiger partial charge in [-0.25, -0.2) is 18.6 Å². The highest BCUT2D eigenvalue weighted by Crippen LogP contribution is 2.30. The highest BCUT2D eigenvalue weighted by molar-refractivity contribution is 5.78. The number of carbonyl (C=O) groups excluding carboxylic acids is 1. The van der Waals surface area contributed by atoms with E-state index in [-0.39, 0.29) is 17.9 Å². The number of morpholine rings is 2. The minimum atomic E-state index is -2.77. The van der Waals surface area contributed by atoms with E-state index in [9.17, 15) is 13.6 Å². The molecule has 6 rings (SSSR count). The first-order chi connectivity index (χ1) is 21.5. The number of imidazole rings is 1. The number of hydrogen-bond acceptors (Lipinski definition) is 9. The molecular weight excluding hydrogens is 572 g/mol. The molecule has 3 aromatic rings. The zero-order valence-electron chi connectivity index (χ0n) is 24.9. The fourth-order valence-corrected chi connectivity index (χ4v) is 6.14. The Bertz CT molecular complexity index is 1390. The maximum atomic E-state index is 14.1. The van der Waals surface area contributed by atoms with E-state index in [1.54, 1.807) is 30.3 Å². The molecule has 4 heterocycles. The van der Waals surface area contributed by atoms with Gasteiger partial charge in [-0.1, -0.05) is 12.1 Å². The standard InChI is InChI=1S/C30H41F2N9O3/c31-27(32)28-36-23-3-1-2-4-24(23)41(28)26-19-25(40-13-17-44-18-14-40)37-29(38-26)34-20-21-5-7-22(8-6-21)35-30(42)33-9-10-39-11-15-43-16-12-39/h1-4,19,21-22,27H,5-18,20H2,(H2,33,35,42)(H,34,37,38)/t21-,22-. The molecular formula is C30H41F2N9O3. The van der Waals surface area contributed by atoms with Gasteiger partial charge in [0.15, 0.2) is 5.82 Å². The van der Waals surface area contributed by atoms with Gasteiger partial charge in [0, 0.05) is 57.9 Å². The van der Waals surface area contributed by atoms with Crippen molar-refractivity contribution in [2.24, 2.45) is 5.92 Å². The molecule has 1 saturated carbocycles. The van der Waals surface area contributed by atoms with Crippen LogP contribution in [0.4, 0.5) is 25.3 Å². The molecule has 12 nitrogen and oxygen atoms in total. The number of rotatable bonds is 10. The lowest BCUT2D eigenvalue weighted by molar-refractivity contribution is 0.0387. The third-order valence-corrected chi connectivity index (χ3v) is 8.59. The van der Waals surface area contributed by atoms with Gasteiger partial charge < -0.3 is 30.3 Å². The number of carbonyl (C=O) groups is 1. The number of benzene rings is 1. The van der Waals surface area contributed by atoms with Crippen LogP contribution in [0.5, 0.6) is 0 Å². The van der Waals surface area contributed by atoms with Crippen LogP contribution in [0.25, 0.3) is 16.9 Å². The molecule has 1 aliphatic carbocycles. The number of nitrogens with zero attached hydrogens (tertiary/aromatic N) is 6. The van der Waals surface area contributed by atoms with Crippen molar-refractivity contribution in [3.05, 3.63) is 36.2 Å². The first-order valence-corrected chi connectivity index (χ1v) is 15.6. The predicted molar refractivity (Wildman–Crippen MR) is 163 cm³/mol.